The van der Waals surface area contributed by atoms with Gasteiger partial charge in [-0.1, -0.05) is 30.4 Å². The molecule has 0 aliphatic carbocycles. The summed E-state index contributed by atoms with van der Waals surface area (Å²) in [6.07, 6.45) is 1.32. The molecule has 0 saturated heterocycles. The third-order valence-electron chi connectivity index (χ3n) is 4.78. The minimum atomic E-state index is -1.52. The molecule has 34 heavy (non-hydrogen) atoms. The van der Waals surface area contributed by atoms with E-state index in [1.807, 2.05) is 24.3 Å². The highest BCUT2D eigenvalue weighted by molar-refractivity contribution is 7.89. The molecule has 10 nitrogen and oxygen atoms in total. The van der Waals surface area contributed by atoms with Gasteiger partial charge in [0.1, 0.15) is 17.8 Å². The van der Waals surface area contributed by atoms with Gasteiger partial charge in [0.15, 0.2) is 0 Å². The molecule has 0 saturated carbocycles. The maximum atomic E-state index is 12.4. The zero-order chi connectivity index (χ0) is 24.2. The number of anilines is 2. The van der Waals surface area contributed by atoms with Gasteiger partial charge in [-0.25, -0.2) is 9.78 Å². The monoisotopic (exact) mass is 499 g/mol. The number of aromatic amines is 1. The summed E-state index contributed by atoms with van der Waals surface area (Å²) in [4.78, 5) is 43.8. The number of carbonyl (C=O) groups excluding carboxylic acids is 1. The molecule has 2 aromatic carbocycles. The Kier molecular flexibility index (Phi) is 7.01. The third kappa shape index (κ3) is 5.65. The van der Waals surface area contributed by atoms with E-state index in [0.717, 1.165) is 14.8 Å². The number of para-hydroxylation sites is 1. The highest BCUT2D eigenvalue weighted by Crippen LogP contribution is 2.31. The molecular weight excluding hydrogens is 478 g/mol. The average molecular weight is 500 g/mol. The van der Waals surface area contributed by atoms with Gasteiger partial charge in [-0.2, -0.15) is 4.72 Å². The quantitative estimate of drug-likeness (QED) is 0.317. The summed E-state index contributed by atoms with van der Waals surface area (Å²) in [7, 11) is 0. The molecule has 0 radical (unpaired) electrons. The molecule has 1 amide bonds. The molecule has 2 atom stereocenters. The Morgan fingerprint density at radius 1 is 1.24 bits per heavy atom. The molecule has 2 aromatic heterocycles. The third-order valence-corrected chi connectivity index (χ3v) is 6.18. The number of carbonyl (C=O) groups is 1. The van der Waals surface area contributed by atoms with E-state index in [1.165, 1.54) is 30.6 Å². The first-order chi connectivity index (χ1) is 16.3. The van der Waals surface area contributed by atoms with Crippen LogP contribution in [0.4, 0.5) is 11.5 Å². The molecule has 176 valence electrons. The van der Waals surface area contributed by atoms with Crippen LogP contribution in [0, 0.1) is 5.92 Å². The summed E-state index contributed by atoms with van der Waals surface area (Å²) >= 11 is -0.0774. The number of aromatic nitrogens is 3. The van der Waals surface area contributed by atoms with Crippen LogP contribution in [0.25, 0.3) is 10.2 Å². The topological polar surface area (TPSA) is 141 Å². The van der Waals surface area contributed by atoms with Crippen LogP contribution in [0.2, 0.25) is 0 Å². The van der Waals surface area contributed by atoms with E-state index in [0.29, 0.717) is 16.6 Å². The second-order valence-corrected chi connectivity index (χ2v) is 9.56. The van der Waals surface area contributed by atoms with Crippen LogP contribution in [-0.2, 0) is 22.7 Å². The fraction of sp³-hybridized carbons (Fsp3) is 0.182. The van der Waals surface area contributed by atoms with Crippen molar-refractivity contribution in [2.24, 2.45) is 5.92 Å². The Morgan fingerprint density at radius 2 is 1.97 bits per heavy atom. The smallest absolute Gasteiger partial charge is 0.329 e. The van der Waals surface area contributed by atoms with E-state index in [1.54, 1.807) is 24.3 Å². The highest BCUT2D eigenvalue weighted by Gasteiger charge is 2.19. The van der Waals surface area contributed by atoms with Crippen molar-refractivity contribution in [3.05, 3.63) is 75.4 Å². The number of nitrogens with one attached hydrogen (secondary N) is 3. The van der Waals surface area contributed by atoms with E-state index in [-0.39, 0.29) is 12.4 Å². The van der Waals surface area contributed by atoms with Gasteiger partial charge in [-0.3, -0.25) is 19.1 Å². The van der Waals surface area contributed by atoms with E-state index in [9.17, 15) is 18.9 Å². The van der Waals surface area contributed by atoms with Crippen LogP contribution >= 0.6 is 11.3 Å². The van der Waals surface area contributed by atoms with Crippen molar-refractivity contribution in [3.8, 4) is 10.9 Å². The Bertz CT molecular complexity index is 1360. The lowest BCUT2D eigenvalue weighted by molar-refractivity contribution is -0.123. The van der Waals surface area contributed by atoms with Gasteiger partial charge in [-0.05, 0) is 36.4 Å². The van der Waals surface area contributed by atoms with Crippen molar-refractivity contribution in [1.29, 1.82) is 0 Å². The molecule has 0 aliphatic heterocycles. The van der Waals surface area contributed by atoms with Crippen LogP contribution in [0.3, 0.4) is 0 Å². The molecule has 1 unspecified atom stereocenters. The van der Waals surface area contributed by atoms with Crippen LogP contribution < -0.4 is 26.0 Å². The molecule has 3 N–H and O–H groups in total. The lowest BCUT2D eigenvalue weighted by Crippen LogP contribution is -2.41. The van der Waals surface area contributed by atoms with Crippen LogP contribution in [0.1, 0.15) is 6.92 Å². The lowest BCUT2D eigenvalue weighted by Gasteiger charge is -2.13. The zero-order valence-corrected chi connectivity index (χ0v) is 19.9. The van der Waals surface area contributed by atoms with Crippen LogP contribution in [0.5, 0.6) is 10.9 Å². The number of H-pyrrole nitrogens is 1. The van der Waals surface area contributed by atoms with Crippen molar-refractivity contribution in [1.82, 2.24) is 19.3 Å². The Morgan fingerprint density at radius 3 is 2.65 bits per heavy atom. The molecule has 4 aromatic rings. The predicted molar refractivity (Wildman–Crippen MR) is 132 cm³/mol. The van der Waals surface area contributed by atoms with E-state index >= 15 is 0 Å². The molecule has 2 heterocycles. The molecule has 0 bridgehead atoms. The number of nitrogens with zero attached hydrogens (tertiary/aromatic N) is 2. The number of fused-ring (bicyclic) bond motifs is 1. The fourth-order valence-electron chi connectivity index (χ4n) is 3.12. The van der Waals surface area contributed by atoms with Gasteiger partial charge < -0.3 is 14.6 Å². The van der Waals surface area contributed by atoms with E-state index in [4.69, 9.17) is 4.74 Å². The highest BCUT2D eigenvalue weighted by atomic mass is 32.2. The van der Waals surface area contributed by atoms with Gasteiger partial charge in [0.25, 0.3) is 16.7 Å². The van der Waals surface area contributed by atoms with Crippen molar-refractivity contribution in [2.45, 2.75) is 13.5 Å². The van der Waals surface area contributed by atoms with Gasteiger partial charge in [0.05, 0.1) is 27.5 Å². The molecular formula is C22H21N5O5S2. The SMILES string of the molecule is C[C@@H](Cn1c(=O)cc(Nc2ccc(Oc3nc4ccccc4s3)cc2)[nH]c1=O)C(=O)N[S+](C)[O-]. The summed E-state index contributed by atoms with van der Waals surface area (Å²) in [6.45, 7) is 1.40. The zero-order valence-electron chi connectivity index (χ0n) is 18.2. The normalized spacial score (nSPS) is 12.8. The second kappa shape index (κ2) is 10.1. The number of rotatable bonds is 8. The largest absolute Gasteiger partial charge is 0.593 e. The summed E-state index contributed by atoms with van der Waals surface area (Å²) in [6, 6.07) is 16.0. The minimum Gasteiger partial charge on any atom is -0.593 e. The van der Waals surface area contributed by atoms with Gasteiger partial charge in [0.2, 0.25) is 0 Å². The summed E-state index contributed by atoms with van der Waals surface area (Å²) < 4.78 is 21.2. The summed E-state index contributed by atoms with van der Waals surface area (Å²) in [5.74, 6) is -0.432. The second-order valence-electron chi connectivity index (χ2n) is 7.46. The summed E-state index contributed by atoms with van der Waals surface area (Å²) in [5.41, 5.74) is 0.264. The molecule has 0 fully saturated rings. The Hall–Kier alpha value is -3.61. The van der Waals surface area contributed by atoms with E-state index in [2.05, 4.69) is 20.0 Å². The van der Waals surface area contributed by atoms with Gasteiger partial charge in [0, 0.05) is 18.3 Å². The first-order valence-electron chi connectivity index (χ1n) is 10.2. The van der Waals surface area contributed by atoms with Crippen LogP contribution in [-0.4, -0.2) is 31.3 Å². The fourth-order valence-corrected chi connectivity index (χ4v) is 4.44. The number of ether oxygens (including phenoxy) is 1. The summed E-state index contributed by atoms with van der Waals surface area (Å²) in [5, 5.41) is 3.50. The Balaban J connectivity index is 1.42. The maximum absolute atomic E-state index is 12.4. The molecule has 12 heteroatoms. The standard InChI is InChI=1S/C22H21N5O5S2/c1-13(20(29)26-34(2)31)12-27-19(28)11-18(25-21(27)30)23-14-7-9-15(10-8-14)32-22-24-16-5-3-4-6-17(16)33-22/h3-11,13,23H,12H2,1-2H3,(H,25,30)(H,26,29)/t13-,34?/m0/s1. The average Bonchev–Trinajstić information content (AvgIpc) is 3.19. The first-order valence-corrected chi connectivity index (χ1v) is 12.5. The van der Waals surface area contributed by atoms with Crippen molar-refractivity contribution < 1.29 is 14.1 Å². The van der Waals surface area contributed by atoms with Crippen molar-refractivity contribution >= 4 is 50.3 Å². The minimum absolute atomic E-state index is 0.144. The Labute approximate surface area is 200 Å². The maximum Gasteiger partial charge on any atom is 0.329 e. The number of amides is 1. The first kappa shape index (κ1) is 23.5. The van der Waals surface area contributed by atoms with Crippen molar-refractivity contribution in [2.75, 3.05) is 11.6 Å². The number of hydrogen-bond donors (Lipinski definition) is 3. The molecule has 4 rings (SSSR count). The lowest BCUT2D eigenvalue weighted by atomic mass is 10.2. The van der Waals surface area contributed by atoms with Gasteiger partial charge in [-0.15, -0.1) is 0 Å². The number of hydrogen-bond acceptors (Lipinski definition) is 8. The van der Waals surface area contributed by atoms with Gasteiger partial charge >= 0.3 is 5.69 Å². The van der Waals surface area contributed by atoms with E-state index < -0.39 is 34.4 Å². The number of thiazole rings is 1. The molecule has 0 aliphatic rings. The van der Waals surface area contributed by atoms with Crippen molar-refractivity contribution in [3.63, 3.8) is 0 Å². The number of benzene rings is 2. The molecule has 0 spiro atoms. The van der Waals surface area contributed by atoms with Crippen LogP contribution in [0.15, 0.2) is 64.2 Å². The predicted octanol–water partition coefficient (Wildman–Crippen LogP) is 2.73.